The second kappa shape index (κ2) is 10.7. The quantitative estimate of drug-likeness (QED) is 0.211. The van der Waals surface area contributed by atoms with Gasteiger partial charge >= 0.3 is 6.72 Å². The molecule has 0 fully saturated rings. The molecule has 0 aliphatic rings. The zero-order chi connectivity index (χ0) is 16.3. The van der Waals surface area contributed by atoms with Crippen LogP contribution in [0.15, 0.2) is 29.6 Å². The van der Waals surface area contributed by atoms with Crippen LogP contribution in [0.4, 0.5) is 0 Å². The molecule has 22 heavy (non-hydrogen) atoms. The molecule has 0 spiro atoms. The Balaban J connectivity index is 2.44. The van der Waals surface area contributed by atoms with E-state index in [0.717, 1.165) is 18.4 Å². The van der Waals surface area contributed by atoms with Gasteiger partial charge in [-0.25, -0.2) is 0 Å². The summed E-state index contributed by atoms with van der Waals surface area (Å²) in [4.78, 5) is 10.4. The van der Waals surface area contributed by atoms with Crippen molar-refractivity contribution in [3.63, 3.8) is 0 Å². The maximum atomic E-state index is 10.4. The summed E-state index contributed by atoms with van der Waals surface area (Å²) in [5.74, 6) is 0.553. The Hall–Kier alpha value is -0.970. The van der Waals surface area contributed by atoms with Gasteiger partial charge < -0.3 is 4.52 Å². The molecule has 0 bridgehead atoms. The van der Waals surface area contributed by atoms with Gasteiger partial charge in [0, 0.05) is 11.8 Å². The topological polar surface area (TPSA) is 57.1 Å². The number of benzene rings is 1. The smallest absolute Gasteiger partial charge is 0.414 e. The van der Waals surface area contributed by atoms with Crippen LogP contribution >= 0.6 is 6.72 Å². The standard InChI is InChI=1S/C15H24NO4PS/c1-3-4-5-6-7-10-13-18-21(22,20-16-17)19-15-12-9-8-11-14(15)2/h8-9,11-12H,3-7,10,13H2,1-2H3. The first-order valence-electron chi connectivity index (χ1n) is 7.62. The highest BCUT2D eigenvalue weighted by Crippen LogP contribution is 2.50. The summed E-state index contributed by atoms with van der Waals surface area (Å²) in [6.07, 6.45) is 6.81. The number of rotatable bonds is 12. The molecule has 0 heterocycles. The molecule has 0 saturated carbocycles. The Labute approximate surface area is 137 Å². The predicted octanol–water partition coefficient (Wildman–Crippen LogP) is 5.67. The number of nitrogens with zero attached hydrogens (tertiary/aromatic N) is 1. The zero-order valence-electron chi connectivity index (χ0n) is 13.2. The van der Waals surface area contributed by atoms with Crippen LogP contribution in [-0.2, 0) is 21.0 Å². The van der Waals surface area contributed by atoms with Gasteiger partial charge in [-0.05, 0) is 25.0 Å². The van der Waals surface area contributed by atoms with Gasteiger partial charge in [-0.15, -0.1) is 4.91 Å². The molecule has 7 heteroatoms. The van der Waals surface area contributed by atoms with Crippen LogP contribution in [0.5, 0.6) is 5.75 Å². The fraction of sp³-hybridized carbons (Fsp3) is 0.600. The second-order valence-corrected chi connectivity index (χ2v) is 7.90. The first-order valence-corrected chi connectivity index (χ1v) is 10.2. The summed E-state index contributed by atoms with van der Waals surface area (Å²) in [6, 6.07) is 7.36. The van der Waals surface area contributed by atoms with Crippen molar-refractivity contribution in [1.29, 1.82) is 0 Å². The fourth-order valence-electron chi connectivity index (χ4n) is 1.95. The van der Waals surface area contributed by atoms with Crippen molar-refractivity contribution in [2.24, 2.45) is 5.34 Å². The van der Waals surface area contributed by atoms with E-state index in [4.69, 9.17) is 20.9 Å². The molecule has 1 aromatic carbocycles. The summed E-state index contributed by atoms with van der Waals surface area (Å²) in [5, 5.41) is 2.42. The van der Waals surface area contributed by atoms with Gasteiger partial charge in [-0.1, -0.05) is 57.2 Å². The van der Waals surface area contributed by atoms with Crippen LogP contribution in [0.3, 0.4) is 0 Å². The van der Waals surface area contributed by atoms with E-state index in [-0.39, 0.29) is 0 Å². The molecular formula is C15H24NO4PS. The maximum Gasteiger partial charge on any atom is 0.458 e. The lowest BCUT2D eigenvalue weighted by molar-refractivity contribution is 0.202. The second-order valence-electron chi connectivity index (χ2n) is 5.06. The summed E-state index contributed by atoms with van der Waals surface area (Å²) in [7, 11) is 0. The number of aryl methyl sites for hydroxylation is 1. The Morgan fingerprint density at radius 3 is 2.50 bits per heavy atom. The predicted molar refractivity (Wildman–Crippen MR) is 92.3 cm³/mol. The Kier molecular flexibility index (Phi) is 9.28. The van der Waals surface area contributed by atoms with Crippen molar-refractivity contribution in [3.8, 4) is 5.75 Å². The maximum absolute atomic E-state index is 10.4. The van der Waals surface area contributed by atoms with Crippen LogP contribution in [0, 0.1) is 11.8 Å². The Morgan fingerprint density at radius 2 is 1.82 bits per heavy atom. The normalized spacial score (nSPS) is 13.4. The molecule has 1 aromatic rings. The highest BCUT2D eigenvalue weighted by atomic mass is 32.5. The lowest BCUT2D eigenvalue weighted by atomic mass is 10.1. The first kappa shape index (κ1) is 19.1. The van der Waals surface area contributed by atoms with E-state index >= 15 is 0 Å². The third kappa shape index (κ3) is 7.34. The Bertz CT molecular complexity index is 498. The number of hydrogen-bond donors (Lipinski definition) is 0. The zero-order valence-corrected chi connectivity index (χ0v) is 14.9. The van der Waals surface area contributed by atoms with E-state index < -0.39 is 6.72 Å². The highest BCUT2D eigenvalue weighted by Gasteiger charge is 2.25. The van der Waals surface area contributed by atoms with Crippen LogP contribution in [0.1, 0.15) is 51.0 Å². The van der Waals surface area contributed by atoms with Gasteiger partial charge in [0.15, 0.2) is 5.34 Å². The van der Waals surface area contributed by atoms with Gasteiger partial charge in [0.2, 0.25) is 0 Å². The minimum atomic E-state index is -3.18. The molecule has 0 N–H and O–H groups in total. The van der Waals surface area contributed by atoms with Crippen LogP contribution < -0.4 is 4.52 Å². The van der Waals surface area contributed by atoms with E-state index in [0.29, 0.717) is 12.4 Å². The van der Waals surface area contributed by atoms with Crippen molar-refractivity contribution in [2.75, 3.05) is 6.61 Å². The molecule has 124 valence electrons. The first-order chi connectivity index (χ1) is 10.6. The summed E-state index contributed by atoms with van der Waals surface area (Å²) in [6.45, 7) is 1.30. The molecular weight excluding hydrogens is 321 g/mol. The van der Waals surface area contributed by atoms with E-state index in [1.165, 1.54) is 25.7 Å². The molecule has 1 rings (SSSR count). The largest absolute Gasteiger partial charge is 0.458 e. The summed E-state index contributed by atoms with van der Waals surface area (Å²) >= 11 is 5.21. The minimum absolute atomic E-state index is 0.408. The van der Waals surface area contributed by atoms with Crippen LogP contribution in [-0.4, -0.2) is 6.61 Å². The summed E-state index contributed by atoms with van der Waals surface area (Å²) < 4.78 is 15.8. The van der Waals surface area contributed by atoms with E-state index in [2.05, 4.69) is 16.9 Å². The lowest BCUT2D eigenvalue weighted by Crippen LogP contribution is -2.02. The molecule has 1 unspecified atom stereocenters. The highest BCUT2D eigenvalue weighted by molar-refractivity contribution is 8.07. The van der Waals surface area contributed by atoms with Gasteiger partial charge in [0.25, 0.3) is 0 Å². The lowest BCUT2D eigenvalue weighted by Gasteiger charge is -2.19. The van der Waals surface area contributed by atoms with Crippen molar-refractivity contribution in [2.45, 2.75) is 52.4 Å². The van der Waals surface area contributed by atoms with Gasteiger partial charge in [0.05, 0.1) is 6.61 Å². The molecule has 1 atom stereocenters. The number of para-hydroxylation sites is 1. The van der Waals surface area contributed by atoms with Gasteiger partial charge in [0.1, 0.15) is 5.75 Å². The number of unbranched alkanes of at least 4 members (excludes halogenated alkanes) is 5. The molecule has 0 aliphatic carbocycles. The minimum Gasteiger partial charge on any atom is -0.414 e. The van der Waals surface area contributed by atoms with Crippen molar-refractivity contribution in [1.82, 2.24) is 0 Å². The van der Waals surface area contributed by atoms with Crippen LogP contribution in [0.25, 0.3) is 0 Å². The van der Waals surface area contributed by atoms with Crippen molar-refractivity contribution >= 4 is 18.5 Å². The third-order valence-corrected chi connectivity index (χ3v) is 5.11. The molecule has 5 nitrogen and oxygen atoms in total. The number of hydrogen-bond acceptors (Lipinski definition) is 6. The SMILES string of the molecule is CCCCCCCCOP(=S)(ON=O)Oc1ccccc1C. The van der Waals surface area contributed by atoms with Gasteiger partial charge in [-0.3, -0.25) is 9.15 Å². The van der Waals surface area contributed by atoms with E-state index in [1.54, 1.807) is 6.07 Å². The van der Waals surface area contributed by atoms with Crippen molar-refractivity contribution in [3.05, 3.63) is 34.7 Å². The van der Waals surface area contributed by atoms with E-state index in [1.807, 2.05) is 25.1 Å². The molecule has 0 saturated heterocycles. The van der Waals surface area contributed by atoms with Crippen molar-refractivity contribution < 1.29 is 13.7 Å². The summed E-state index contributed by atoms with van der Waals surface area (Å²) in [5.41, 5.74) is 0.898. The fourth-order valence-corrected chi connectivity index (χ4v) is 3.50. The molecule has 0 aliphatic heterocycles. The molecule has 0 amide bonds. The monoisotopic (exact) mass is 345 g/mol. The van der Waals surface area contributed by atoms with E-state index in [9.17, 15) is 4.91 Å². The molecule has 0 aromatic heterocycles. The van der Waals surface area contributed by atoms with Gasteiger partial charge in [-0.2, -0.15) is 0 Å². The Morgan fingerprint density at radius 1 is 1.14 bits per heavy atom. The average molecular weight is 345 g/mol. The molecule has 0 radical (unpaired) electrons. The average Bonchev–Trinajstić information content (AvgIpc) is 2.49. The van der Waals surface area contributed by atoms with Crippen LogP contribution in [0.2, 0.25) is 0 Å². The third-order valence-electron chi connectivity index (χ3n) is 3.18.